The van der Waals surface area contributed by atoms with Crippen LogP contribution in [0.4, 0.5) is 0 Å². The lowest BCUT2D eigenvalue weighted by atomic mass is 9.83. The first kappa shape index (κ1) is 16.7. The first-order chi connectivity index (χ1) is 11.0. The molecular weight excluding hydrogens is 338 g/mol. The van der Waals surface area contributed by atoms with Gasteiger partial charge < -0.3 is 5.32 Å². The van der Waals surface area contributed by atoms with Gasteiger partial charge >= 0.3 is 0 Å². The fourth-order valence-corrected chi connectivity index (χ4v) is 4.87. The van der Waals surface area contributed by atoms with E-state index < -0.39 is 10.0 Å². The van der Waals surface area contributed by atoms with E-state index >= 15 is 0 Å². The van der Waals surface area contributed by atoms with Crippen molar-refractivity contribution in [1.29, 1.82) is 0 Å². The van der Waals surface area contributed by atoms with Crippen LogP contribution < -0.4 is 5.32 Å². The summed E-state index contributed by atoms with van der Waals surface area (Å²) in [7, 11) is -3.73. The molecule has 1 atom stereocenters. The molecule has 8 heteroatoms. The van der Waals surface area contributed by atoms with Crippen molar-refractivity contribution in [3.05, 3.63) is 23.5 Å². The third-order valence-electron chi connectivity index (χ3n) is 4.62. The van der Waals surface area contributed by atoms with Crippen molar-refractivity contribution in [2.75, 3.05) is 13.1 Å². The van der Waals surface area contributed by atoms with Crippen molar-refractivity contribution >= 4 is 27.5 Å². The summed E-state index contributed by atoms with van der Waals surface area (Å²) in [5.74, 6) is 0.117. The van der Waals surface area contributed by atoms with Crippen LogP contribution in [0.2, 0.25) is 5.15 Å². The molecule has 0 bridgehead atoms. The highest BCUT2D eigenvalue weighted by atomic mass is 35.5. The molecule has 0 aromatic carbocycles. The quantitative estimate of drug-likeness (QED) is 0.836. The van der Waals surface area contributed by atoms with Crippen molar-refractivity contribution < 1.29 is 13.2 Å². The average Bonchev–Trinajstić information content (AvgIpc) is 2.55. The number of hydrogen-bond acceptors (Lipinski definition) is 4. The van der Waals surface area contributed by atoms with E-state index in [1.54, 1.807) is 0 Å². The first-order valence-electron chi connectivity index (χ1n) is 7.88. The van der Waals surface area contributed by atoms with Crippen LogP contribution >= 0.6 is 11.6 Å². The average molecular weight is 358 g/mol. The van der Waals surface area contributed by atoms with E-state index in [2.05, 4.69) is 10.3 Å². The molecule has 1 aliphatic heterocycles. The highest BCUT2D eigenvalue weighted by molar-refractivity contribution is 7.89. The lowest BCUT2D eigenvalue weighted by molar-refractivity contribution is -0.124. The number of rotatable bonds is 3. The normalized spacial score (nSPS) is 24.4. The maximum atomic E-state index is 12.7. The third kappa shape index (κ3) is 3.67. The second-order valence-corrected chi connectivity index (χ2v) is 8.51. The zero-order valence-electron chi connectivity index (χ0n) is 12.7. The third-order valence-corrected chi connectivity index (χ3v) is 6.64. The molecule has 1 saturated heterocycles. The Bertz CT molecular complexity index is 672. The molecule has 3 rings (SSSR count). The van der Waals surface area contributed by atoms with Crippen LogP contribution in [0.25, 0.3) is 0 Å². The van der Waals surface area contributed by atoms with Crippen LogP contribution in [0.5, 0.6) is 0 Å². The van der Waals surface area contributed by atoms with E-state index in [1.807, 2.05) is 0 Å². The maximum absolute atomic E-state index is 12.7. The Morgan fingerprint density at radius 1 is 1.22 bits per heavy atom. The molecule has 0 unspecified atom stereocenters. The number of hydrogen-bond donors (Lipinski definition) is 1. The van der Waals surface area contributed by atoms with Gasteiger partial charge in [0.25, 0.3) is 0 Å². The van der Waals surface area contributed by atoms with Gasteiger partial charge in [-0.1, -0.05) is 30.9 Å². The van der Waals surface area contributed by atoms with Crippen LogP contribution in [0.3, 0.4) is 0 Å². The number of aromatic nitrogens is 1. The highest BCUT2D eigenvalue weighted by Gasteiger charge is 2.37. The summed E-state index contributed by atoms with van der Waals surface area (Å²) >= 11 is 5.71. The van der Waals surface area contributed by atoms with Gasteiger partial charge in [-0.05, 0) is 30.9 Å². The van der Waals surface area contributed by atoms with Crippen molar-refractivity contribution in [2.45, 2.75) is 43.0 Å². The number of nitrogens with one attached hydrogen (secondary N) is 1. The van der Waals surface area contributed by atoms with Crippen molar-refractivity contribution in [1.82, 2.24) is 14.6 Å². The summed E-state index contributed by atoms with van der Waals surface area (Å²) in [5.41, 5.74) is 0. The van der Waals surface area contributed by atoms with Gasteiger partial charge in [-0.3, -0.25) is 4.79 Å². The Kier molecular flexibility index (Phi) is 4.89. The predicted molar refractivity (Wildman–Crippen MR) is 86.5 cm³/mol. The monoisotopic (exact) mass is 357 g/mol. The fraction of sp³-hybridized carbons (Fsp3) is 0.600. The SMILES string of the molecule is O=C1CN(S(=O)(=O)c2ccc(Cl)nc2)C[C@@H](C2CCCCC2)N1. The number of piperazine rings is 1. The standard InChI is InChI=1S/C15H20ClN3O3S/c16-14-7-6-12(8-17-14)23(21,22)19-9-13(18-15(20)10-19)11-4-2-1-3-5-11/h6-8,11,13H,1-5,9-10H2,(H,18,20)/t13-/m0/s1. The minimum atomic E-state index is -3.73. The number of nitrogens with zero attached hydrogens (tertiary/aromatic N) is 2. The summed E-state index contributed by atoms with van der Waals surface area (Å²) in [6, 6.07) is 2.76. The van der Waals surface area contributed by atoms with Gasteiger partial charge in [-0.25, -0.2) is 13.4 Å². The van der Waals surface area contributed by atoms with Gasteiger partial charge in [0, 0.05) is 18.8 Å². The van der Waals surface area contributed by atoms with E-state index in [4.69, 9.17) is 11.6 Å². The molecule has 1 aliphatic carbocycles. The molecule has 1 N–H and O–H groups in total. The van der Waals surface area contributed by atoms with Gasteiger partial charge in [-0.2, -0.15) is 4.31 Å². The lowest BCUT2D eigenvalue weighted by Gasteiger charge is -2.38. The van der Waals surface area contributed by atoms with Gasteiger partial charge in [0.1, 0.15) is 10.0 Å². The van der Waals surface area contributed by atoms with Crippen LogP contribution in [0.15, 0.2) is 23.2 Å². The van der Waals surface area contributed by atoms with Gasteiger partial charge in [0.15, 0.2) is 0 Å². The topological polar surface area (TPSA) is 79.4 Å². The lowest BCUT2D eigenvalue weighted by Crippen LogP contribution is -2.58. The Labute approximate surface area is 141 Å². The molecular formula is C15H20ClN3O3S. The van der Waals surface area contributed by atoms with Crippen molar-refractivity contribution in [2.24, 2.45) is 5.92 Å². The molecule has 2 heterocycles. The summed E-state index contributed by atoms with van der Waals surface area (Å²) < 4.78 is 26.7. The molecule has 1 aromatic rings. The minimum Gasteiger partial charge on any atom is -0.351 e. The van der Waals surface area contributed by atoms with Gasteiger partial charge in [0.2, 0.25) is 15.9 Å². The molecule has 23 heavy (non-hydrogen) atoms. The number of sulfonamides is 1. The number of carbonyl (C=O) groups is 1. The van der Waals surface area contributed by atoms with Gasteiger partial charge in [-0.15, -0.1) is 0 Å². The summed E-state index contributed by atoms with van der Waals surface area (Å²) in [5, 5.41) is 3.20. The van der Waals surface area contributed by atoms with E-state index in [-0.39, 0.29) is 28.5 Å². The van der Waals surface area contributed by atoms with Crippen LogP contribution in [-0.4, -0.2) is 42.7 Å². The second kappa shape index (κ2) is 6.75. The number of halogens is 1. The van der Waals surface area contributed by atoms with Crippen molar-refractivity contribution in [3.8, 4) is 0 Å². The summed E-state index contributed by atoms with van der Waals surface area (Å²) in [6.07, 6.45) is 6.83. The number of pyridine rings is 1. The zero-order chi connectivity index (χ0) is 16.4. The van der Waals surface area contributed by atoms with Crippen LogP contribution in [0.1, 0.15) is 32.1 Å². The highest BCUT2D eigenvalue weighted by Crippen LogP contribution is 2.29. The summed E-state index contributed by atoms with van der Waals surface area (Å²) in [4.78, 5) is 15.9. The Hall–Kier alpha value is -1.18. The zero-order valence-corrected chi connectivity index (χ0v) is 14.3. The minimum absolute atomic E-state index is 0.0685. The molecule has 2 aliphatic rings. The molecule has 1 saturated carbocycles. The van der Waals surface area contributed by atoms with E-state index in [9.17, 15) is 13.2 Å². The van der Waals surface area contributed by atoms with E-state index in [0.29, 0.717) is 12.5 Å². The number of carbonyl (C=O) groups excluding carboxylic acids is 1. The van der Waals surface area contributed by atoms with Crippen molar-refractivity contribution in [3.63, 3.8) is 0 Å². The Morgan fingerprint density at radius 3 is 2.61 bits per heavy atom. The second-order valence-electron chi connectivity index (χ2n) is 6.19. The smallest absolute Gasteiger partial charge is 0.245 e. The molecule has 126 valence electrons. The van der Waals surface area contributed by atoms with Crippen LogP contribution in [0, 0.1) is 5.92 Å². The molecule has 1 amide bonds. The van der Waals surface area contributed by atoms with Gasteiger partial charge in [0.05, 0.1) is 6.54 Å². The molecule has 6 nitrogen and oxygen atoms in total. The fourth-order valence-electron chi connectivity index (χ4n) is 3.39. The predicted octanol–water partition coefficient (Wildman–Crippen LogP) is 1.80. The molecule has 0 spiro atoms. The Morgan fingerprint density at radius 2 is 1.96 bits per heavy atom. The molecule has 2 fully saturated rings. The number of amides is 1. The molecule has 1 aromatic heterocycles. The first-order valence-corrected chi connectivity index (χ1v) is 9.70. The molecule has 0 radical (unpaired) electrons. The van der Waals surface area contributed by atoms with E-state index in [1.165, 1.54) is 29.1 Å². The maximum Gasteiger partial charge on any atom is 0.245 e. The summed E-state index contributed by atoms with van der Waals surface area (Å²) in [6.45, 7) is 0.176. The van der Waals surface area contributed by atoms with E-state index in [0.717, 1.165) is 25.7 Å². The Balaban J connectivity index is 1.80. The largest absolute Gasteiger partial charge is 0.351 e. The van der Waals surface area contributed by atoms with Crippen LogP contribution in [-0.2, 0) is 14.8 Å².